The molecule has 2 aromatic heterocycles. The molecule has 1 atom stereocenters. The summed E-state index contributed by atoms with van der Waals surface area (Å²) in [7, 11) is 0. The van der Waals surface area contributed by atoms with Crippen molar-refractivity contribution in [2.45, 2.75) is 33.2 Å². The second-order valence-electron chi connectivity index (χ2n) is 5.54. The van der Waals surface area contributed by atoms with Crippen LogP contribution in [0.2, 0.25) is 0 Å². The van der Waals surface area contributed by atoms with Crippen LogP contribution in [-0.2, 0) is 13.0 Å². The minimum Gasteiger partial charge on any atom is -0.461 e. The molecule has 0 amide bonds. The molecule has 0 fully saturated rings. The van der Waals surface area contributed by atoms with Crippen LogP contribution >= 0.6 is 0 Å². The minimum absolute atomic E-state index is 0.209. The molecule has 3 aromatic rings. The van der Waals surface area contributed by atoms with Gasteiger partial charge in [-0.15, -0.1) is 0 Å². The Kier molecular flexibility index (Phi) is 4.92. The third-order valence-corrected chi connectivity index (χ3v) is 3.59. The van der Waals surface area contributed by atoms with Gasteiger partial charge in [0.25, 0.3) is 5.56 Å². The average molecular weight is 343 g/mol. The van der Waals surface area contributed by atoms with Crippen molar-refractivity contribution in [3.8, 4) is 17.0 Å². The van der Waals surface area contributed by atoms with Gasteiger partial charge in [0.15, 0.2) is 5.76 Å². The summed E-state index contributed by atoms with van der Waals surface area (Å²) < 4.78 is 24.4. The Morgan fingerprint density at radius 3 is 2.64 bits per heavy atom. The molecule has 0 bridgehead atoms. The lowest BCUT2D eigenvalue weighted by atomic mass is 10.1. The van der Waals surface area contributed by atoms with Crippen molar-refractivity contribution in [3.05, 3.63) is 64.3 Å². The highest BCUT2D eigenvalue weighted by atomic mass is 19.1. The molecule has 0 saturated heterocycles. The van der Waals surface area contributed by atoms with Crippen molar-refractivity contribution in [2.24, 2.45) is 0 Å². The van der Waals surface area contributed by atoms with Gasteiger partial charge in [-0.1, -0.05) is 12.1 Å². The fourth-order valence-corrected chi connectivity index (χ4v) is 2.35. The molecule has 0 aliphatic carbocycles. The molecule has 0 spiro atoms. The van der Waals surface area contributed by atoms with E-state index in [1.165, 1.54) is 17.7 Å². The smallest absolute Gasteiger partial charge is 0.267 e. The van der Waals surface area contributed by atoms with Gasteiger partial charge in [0.1, 0.15) is 12.3 Å². The Balaban J connectivity index is 1.84. The predicted octanol–water partition coefficient (Wildman–Crippen LogP) is 3.20. The molecule has 0 radical (unpaired) electrons. The third kappa shape index (κ3) is 4.12. The lowest BCUT2D eigenvalue weighted by Crippen LogP contribution is -2.22. The zero-order valence-electron chi connectivity index (χ0n) is 14.0. The van der Waals surface area contributed by atoms with E-state index in [2.05, 4.69) is 10.3 Å². The molecule has 0 aliphatic heterocycles. The van der Waals surface area contributed by atoms with Crippen LogP contribution in [0.4, 0.5) is 4.39 Å². The molecule has 1 aromatic carbocycles. The summed E-state index contributed by atoms with van der Waals surface area (Å²) >= 11 is 0. The number of nitrogens with zero attached hydrogens (tertiary/aromatic N) is 3. The zero-order chi connectivity index (χ0) is 17.8. The number of halogens is 1. The fourth-order valence-electron chi connectivity index (χ4n) is 2.35. The molecule has 1 unspecified atom stereocenters. The first kappa shape index (κ1) is 16.9. The number of benzene rings is 1. The lowest BCUT2D eigenvalue weighted by molar-refractivity contribution is 0.0861. The van der Waals surface area contributed by atoms with E-state index in [0.29, 0.717) is 17.2 Å². The monoisotopic (exact) mass is 343 g/mol. The average Bonchev–Trinajstić information content (AvgIpc) is 3.05. The second-order valence-corrected chi connectivity index (χ2v) is 5.54. The van der Waals surface area contributed by atoms with E-state index in [1.54, 1.807) is 30.3 Å². The number of hydrogen-bond donors (Lipinski definition) is 0. The standard InChI is InChI=1S/C18H18FN3O3/c1-3-14-10-16(25-21-14)11-22-18(23)9-8-17(20-22)13-4-6-15(7-5-13)24-12(2)19/h4-10,12H,3,11H2,1-2H3. The third-order valence-electron chi connectivity index (χ3n) is 3.59. The first-order valence-corrected chi connectivity index (χ1v) is 7.99. The van der Waals surface area contributed by atoms with Crippen LogP contribution in [0.5, 0.6) is 5.75 Å². The molecule has 0 saturated carbocycles. The molecule has 0 N–H and O–H groups in total. The number of alkyl halides is 1. The van der Waals surface area contributed by atoms with E-state index in [4.69, 9.17) is 9.26 Å². The lowest BCUT2D eigenvalue weighted by Gasteiger charge is -2.08. The molecule has 0 aliphatic rings. The Hall–Kier alpha value is -2.96. The Labute approximate surface area is 143 Å². The molecule has 130 valence electrons. The summed E-state index contributed by atoms with van der Waals surface area (Å²) in [5, 5.41) is 8.28. The van der Waals surface area contributed by atoms with Gasteiger partial charge in [-0.2, -0.15) is 5.10 Å². The van der Waals surface area contributed by atoms with Crippen LogP contribution in [0.25, 0.3) is 11.3 Å². The molecule has 3 rings (SSSR count). The topological polar surface area (TPSA) is 70.2 Å². The number of aromatic nitrogens is 3. The van der Waals surface area contributed by atoms with Gasteiger partial charge in [-0.3, -0.25) is 4.79 Å². The van der Waals surface area contributed by atoms with Crippen molar-refractivity contribution in [3.63, 3.8) is 0 Å². The molecule has 7 heteroatoms. The zero-order valence-corrected chi connectivity index (χ0v) is 14.0. The highest BCUT2D eigenvalue weighted by Gasteiger charge is 2.09. The fraction of sp³-hybridized carbons (Fsp3) is 0.278. The first-order chi connectivity index (χ1) is 12.0. The molecular weight excluding hydrogens is 325 g/mol. The van der Waals surface area contributed by atoms with Gasteiger partial charge >= 0.3 is 0 Å². The van der Waals surface area contributed by atoms with Crippen LogP contribution < -0.4 is 10.3 Å². The van der Waals surface area contributed by atoms with E-state index in [-0.39, 0.29) is 12.1 Å². The number of ether oxygens (including phenoxy) is 1. The SMILES string of the molecule is CCc1cc(Cn2nc(-c3ccc(OC(C)F)cc3)ccc2=O)on1. The maximum Gasteiger partial charge on any atom is 0.267 e. The van der Waals surface area contributed by atoms with Crippen LogP contribution in [0, 0.1) is 0 Å². The summed E-state index contributed by atoms with van der Waals surface area (Å²) in [5.41, 5.74) is 2.01. The highest BCUT2D eigenvalue weighted by molar-refractivity contribution is 5.59. The number of aryl methyl sites for hydroxylation is 1. The second kappa shape index (κ2) is 7.29. The summed E-state index contributed by atoms with van der Waals surface area (Å²) in [5.74, 6) is 1.00. The highest BCUT2D eigenvalue weighted by Crippen LogP contribution is 2.21. The maximum atomic E-state index is 12.9. The van der Waals surface area contributed by atoms with Crippen molar-refractivity contribution in [1.82, 2.24) is 14.9 Å². The Bertz CT molecular complexity index is 900. The molecule has 2 heterocycles. The summed E-state index contributed by atoms with van der Waals surface area (Å²) in [6.07, 6.45) is -0.613. The van der Waals surface area contributed by atoms with Crippen molar-refractivity contribution in [1.29, 1.82) is 0 Å². The van der Waals surface area contributed by atoms with Gasteiger partial charge in [-0.05, 0) is 36.8 Å². The normalized spacial score (nSPS) is 12.1. The molecule has 6 nitrogen and oxygen atoms in total. The van der Waals surface area contributed by atoms with Crippen LogP contribution in [0.15, 0.2) is 51.8 Å². The Morgan fingerprint density at radius 1 is 1.24 bits per heavy atom. The van der Waals surface area contributed by atoms with E-state index in [9.17, 15) is 9.18 Å². The minimum atomic E-state index is -1.37. The van der Waals surface area contributed by atoms with E-state index < -0.39 is 6.36 Å². The first-order valence-electron chi connectivity index (χ1n) is 7.99. The van der Waals surface area contributed by atoms with Gasteiger partial charge in [0, 0.05) is 24.6 Å². The summed E-state index contributed by atoms with van der Waals surface area (Å²) in [6.45, 7) is 3.50. The van der Waals surface area contributed by atoms with Gasteiger partial charge in [0.2, 0.25) is 6.36 Å². The van der Waals surface area contributed by atoms with E-state index in [1.807, 2.05) is 13.0 Å². The number of hydrogen-bond acceptors (Lipinski definition) is 5. The Morgan fingerprint density at radius 2 is 2.00 bits per heavy atom. The van der Waals surface area contributed by atoms with Gasteiger partial charge < -0.3 is 9.26 Å². The van der Waals surface area contributed by atoms with Crippen LogP contribution in [-0.4, -0.2) is 21.3 Å². The maximum absolute atomic E-state index is 12.9. The van der Waals surface area contributed by atoms with Crippen LogP contribution in [0.1, 0.15) is 25.3 Å². The van der Waals surface area contributed by atoms with Crippen molar-refractivity contribution >= 4 is 0 Å². The van der Waals surface area contributed by atoms with Crippen LogP contribution in [0.3, 0.4) is 0 Å². The van der Waals surface area contributed by atoms with Crippen molar-refractivity contribution < 1.29 is 13.7 Å². The van der Waals surface area contributed by atoms with Crippen molar-refractivity contribution in [2.75, 3.05) is 0 Å². The quantitative estimate of drug-likeness (QED) is 0.687. The molecule has 25 heavy (non-hydrogen) atoms. The largest absolute Gasteiger partial charge is 0.461 e. The van der Waals surface area contributed by atoms with E-state index >= 15 is 0 Å². The van der Waals surface area contributed by atoms with Gasteiger partial charge in [-0.25, -0.2) is 9.07 Å². The van der Waals surface area contributed by atoms with E-state index in [0.717, 1.165) is 17.7 Å². The molecular formula is C18H18FN3O3. The predicted molar refractivity (Wildman–Crippen MR) is 90.1 cm³/mol. The summed E-state index contributed by atoms with van der Waals surface area (Å²) in [6, 6.07) is 11.7. The van der Waals surface area contributed by atoms with Gasteiger partial charge in [0.05, 0.1) is 11.4 Å². The number of rotatable bonds is 6. The summed E-state index contributed by atoms with van der Waals surface area (Å²) in [4.78, 5) is 12.0.